The summed E-state index contributed by atoms with van der Waals surface area (Å²) in [7, 11) is 0. The molecule has 0 aliphatic rings. The van der Waals surface area contributed by atoms with Crippen LogP contribution in [0.2, 0.25) is 0 Å². The zero-order chi connectivity index (χ0) is 28.9. The highest BCUT2D eigenvalue weighted by molar-refractivity contribution is 5.92. The van der Waals surface area contributed by atoms with Crippen molar-refractivity contribution in [1.29, 1.82) is 0 Å². The number of rotatable bonds is 15. The number of hydrogen-bond acceptors (Lipinski definition) is 4. The Morgan fingerprint density at radius 3 is 2.00 bits per heavy atom. The van der Waals surface area contributed by atoms with Crippen LogP contribution in [0.4, 0.5) is 4.79 Å². The molecule has 0 aromatic heterocycles. The summed E-state index contributed by atoms with van der Waals surface area (Å²) in [5.41, 5.74) is 2.18. The number of hydrogen-bond donors (Lipinski definition) is 2. The van der Waals surface area contributed by atoms with E-state index in [4.69, 9.17) is 4.74 Å². The van der Waals surface area contributed by atoms with E-state index >= 15 is 0 Å². The van der Waals surface area contributed by atoms with Crippen molar-refractivity contribution in [1.82, 2.24) is 15.5 Å². The predicted molar refractivity (Wildman–Crippen MR) is 155 cm³/mol. The van der Waals surface area contributed by atoms with E-state index in [0.29, 0.717) is 13.1 Å². The molecule has 0 fully saturated rings. The number of unbranched alkanes of at least 4 members (excludes halogenated alkanes) is 5. The lowest BCUT2D eigenvalue weighted by molar-refractivity contribution is -0.143. The third-order valence-electron chi connectivity index (χ3n) is 6.34. The van der Waals surface area contributed by atoms with Crippen LogP contribution in [0, 0.1) is 19.8 Å². The maximum Gasteiger partial charge on any atom is 0.408 e. The molecular weight excluding hydrogens is 478 g/mol. The molecule has 2 unspecified atom stereocenters. The highest BCUT2D eigenvalue weighted by Gasteiger charge is 2.37. The number of amides is 3. The summed E-state index contributed by atoms with van der Waals surface area (Å²) in [4.78, 5) is 42.3. The first-order chi connectivity index (χ1) is 17.8. The fourth-order valence-electron chi connectivity index (χ4n) is 4.50. The van der Waals surface area contributed by atoms with Crippen molar-refractivity contribution in [2.24, 2.45) is 5.92 Å². The molecule has 0 saturated heterocycles. The number of nitrogens with zero attached hydrogens (tertiary/aromatic N) is 1. The first-order valence-electron chi connectivity index (χ1n) is 14.5. The van der Waals surface area contributed by atoms with Gasteiger partial charge in [0.1, 0.15) is 17.7 Å². The Morgan fingerprint density at radius 2 is 1.47 bits per heavy atom. The largest absolute Gasteiger partial charge is 0.444 e. The molecule has 1 aromatic rings. The van der Waals surface area contributed by atoms with E-state index in [2.05, 4.69) is 30.5 Å². The van der Waals surface area contributed by atoms with Crippen LogP contribution in [-0.4, -0.2) is 47.5 Å². The van der Waals surface area contributed by atoms with Crippen LogP contribution in [-0.2, 0) is 14.3 Å². The molecule has 7 nitrogen and oxygen atoms in total. The van der Waals surface area contributed by atoms with Crippen molar-refractivity contribution >= 4 is 17.9 Å². The monoisotopic (exact) mass is 531 g/mol. The Balaban J connectivity index is 3.47. The molecule has 1 rings (SSSR count). The lowest BCUT2D eigenvalue weighted by atomic mass is 9.96. The normalized spacial score (nSPS) is 13.1. The van der Waals surface area contributed by atoms with Crippen molar-refractivity contribution in [2.75, 3.05) is 13.1 Å². The third-order valence-corrected chi connectivity index (χ3v) is 6.34. The van der Waals surface area contributed by atoms with Gasteiger partial charge in [0.05, 0.1) is 0 Å². The van der Waals surface area contributed by atoms with E-state index in [9.17, 15) is 14.4 Å². The summed E-state index contributed by atoms with van der Waals surface area (Å²) in [6.45, 7) is 18.4. The standard InChI is InChI=1S/C31H53N3O4/c1-10-12-14-15-16-18-34(29(36)26(22(3)4)33-30(37)38-31(7,8)9)27(28(35)32-17-13-11-2)25-20-23(5)19-24(6)21-25/h19-22,26-27H,10-18H2,1-9H3,(H,32,35)(H,33,37). The van der Waals surface area contributed by atoms with Crippen LogP contribution in [0.25, 0.3) is 0 Å². The fourth-order valence-corrected chi connectivity index (χ4v) is 4.50. The Labute approximate surface area is 231 Å². The van der Waals surface area contributed by atoms with E-state index in [-0.39, 0.29) is 17.7 Å². The van der Waals surface area contributed by atoms with Gasteiger partial charge in [0, 0.05) is 13.1 Å². The maximum atomic E-state index is 14.2. The van der Waals surface area contributed by atoms with Crippen molar-refractivity contribution < 1.29 is 19.1 Å². The van der Waals surface area contributed by atoms with Gasteiger partial charge in [-0.15, -0.1) is 0 Å². The van der Waals surface area contributed by atoms with Crippen molar-refractivity contribution in [2.45, 2.75) is 125 Å². The number of nitrogens with one attached hydrogen (secondary N) is 2. The molecule has 0 radical (unpaired) electrons. The molecule has 1 aromatic carbocycles. The lowest BCUT2D eigenvalue weighted by Gasteiger charge is -2.36. The maximum absolute atomic E-state index is 14.2. The minimum Gasteiger partial charge on any atom is -0.444 e. The SMILES string of the molecule is CCCCCCCN(C(=O)C(NC(=O)OC(C)(C)C)C(C)C)C(C(=O)NCCCC)c1cc(C)cc(C)c1. The molecule has 0 heterocycles. The van der Waals surface area contributed by atoms with Gasteiger partial charge in [0.25, 0.3) is 0 Å². The number of ether oxygens (including phenoxy) is 1. The second kappa shape index (κ2) is 16.4. The van der Waals surface area contributed by atoms with Gasteiger partial charge in [0.15, 0.2) is 0 Å². The van der Waals surface area contributed by atoms with E-state index < -0.39 is 23.8 Å². The Bertz CT molecular complexity index is 871. The second-order valence-electron chi connectivity index (χ2n) is 11.8. The Hall–Kier alpha value is -2.57. The number of alkyl carbamates (subject to hydrolysis) is 1. The number of benzene rings is 1. The molecule has 38 heavy (non-hydrogen) atoms. The van der Waals surface area contributed by atoms with Crippen LogP contribution in [0.1, 0.15) is 116 Å². The van der Waals surface area contributed by atoms with E-state index in [1.807, 2.05) is 39.8 Å². The highest BCUT2D eigenvalue weighted by Crippen LogP contribution is 2.27. The van der Waals surface area contributed by atoms with Gasteiger partial charge in [-0.3, -0.25) is 9.59 Å². The summed E-state index contributed by atoms with van der Waals surface area (Å²) in [5.74, 6) is -0.651. The first-order valence-corrected chi connectivity index (χ1v) is 14.5. The minimum absolute atomic E-state index is 0.190. The molecule has 2 N–H and O–H groups in total. The zero-order valence-corrected chi connectivity index (χ0v) is 25.4. The first kappa shape index (κ1) is 33.5. The van der Waals surface area contributed by atoms with Gasteiger partial charge in [-0.05, 0) is 58.9 Å². The molecular formula is C31H53N3O4. The summed E-state index contributed by atoms with van der Waals surface area (Å²) in [5, 5.41) is 5.86. The van der Waals surface area contributed by atoms with Crippen molar-refractivity contribution in [3.8, 4) is 0 Å². The second-order valence-corrected chi connectivity index (χ2v) is 11.8. The molecule has 0 aliphatic heterocycles. The Kier molecular flexibility index (Phi) is 14.4. The van der Waals surface area contributed by atoms with Crippen LogP contribution < -0.4 is 10.6 Å². The highest BCUT2D eigenvalue weighted by atomic mass is 16.6. The summed E-state index contributed by atoms with van der Waals surface area (Å²) < 4.78 is 5.46. The smallest absolute Gasteiger partial charge is 0.408 e. The molecule has 216 valence electrons. The van der Waals surface area contributed by atoms with E-state index in [1.165, 1.54) is 0 Å². The average Bonchev–Trinajstić information content (AvgIpc) is 2.79. The minimum atomic E-state index is -0.822. The predicted octanol–water partition coefficient (Wildman–Crippen LogP) is 6.61. The zero-order valence-electron chi connectivity index (χ0n) is 25.4. The fraction of sp³-hybridized carbons (Fsp3) is 0.710. The van der Waals surface area contributed by atoms with E-state index in [1.54, 1.807) is 25.7 Å². The van der Waals surface area contributed by atoms with Crippen LogP contribution in [0.15, 0.2) is 18.2 Å². The molecule has 0 spiro atoms. The molecule has 0 saturated carbocycles. The van der Waals surface area contributed by atoms with Crippen LogP contribution in [0.5, 0.6) is 0 Å². The molecule has 0 aliphatic carbocycles. The summed E-state index contributed by atoms with van der Waals surface area (Å²) in [6.07, 6.45) is 6.30. The topological polar surface area (TPSA) is 87.7 Å². The average molecular weight is 532 g/mol. The number of carbonyl (C=O) groups is 3. The molecule has 0 bridgehead atoms. The van der Waals surface area contributed by atoms with Gasteiger partial charge in [-0.1, -0.05) is 89.1 Å². The Morgan fingerprint density at radius 1 is 0.895 bits per heavy atom. The molecule has 3 amide bonds. The van der Waals surface area contributed by atoms with Gasteiger partial charge >= 0.3 is 6.09 Å². The van der Waals surface area contributed by atoms with Gasteiger partial charge < -0.3 is 20.3 Å². The van der Waals surface area contributed by atoms with Crippen molar-refractivity contribution in [3.05, 3.63) is 34.9 Å². The van der Waals surface area contributed by atoms with Crippen molar-refractivity contribution in [3.63, 3.8) is 0 Å². The summed E-state index contributed by atoms with van der Waals surface area (Å²) in [6, 6.07) is 4.43. The van der Waals surface area contributed by atoms with Crippen LogP contribution >= 0.6 is 0 Å². The molecule has 2 atom stereocenters. The number of aryl methyl sites for hydroxylation is 2. The van der Waals surface area contributed by atoms with Gasteiger partial charge in [0.2, 0.25) is 11.8 Å². The lowest BCUT2D eigenvalue weighted by Crippen LogP contribution is -2.55. The molecule has 7 heteroatoms. The van der Waals surface area contributed by atoms with E-state index in [0.717, 1.165) is 61.6 Å². The number of carbonyl (C=O) groups excluding carboxylic acids is 3. The van der Waals surface area contributed by atoms with Gasteiger partial charge in [-0.2, -0.15) is 0 Å². The van der Waals surface area contributed by atoms with Crippen LogP contribution in [0.3, 0.4) is 0 Å². The quantitative estimate of drug-likeness (QED) is 0.249. The summed E-state index contributed by atoms with van der Waals surface area (Å²) >= 11 is 0. The third kappa shape index (κ3) is 11.9. The van der Waals surface area contributed by atoms with Gasteiger partial charge in [-0.25, -0.2) is 4.79 Å².